The Kier molecular flexibility index (Phi) is 5.48. The Balaban J connectivity index is 2.11. The largest absolute Gasteiger partial charge is 0.497 e. The topological polar surface area (TPSA) is 93.4 Å². The lowest BCUT2D eigenvalue weighted by Crippen LogP contribution is -2.35. The lowest BCUT2D eigenvalue weighted by molar-refractivity contribution is 0.0937. The van der Waals surface area contributed by atoms with Crippen LogP contribution in [0.1, 0.15) is 22.1 Å². The zero-order valence-electron chi connectivity index (χ0n) is 13.5. The lowest BCUT2D eigenvalue weighted by atomic mass is 10.1. The molecule has 0 aliphatic carbocycles. The van der Waals surface area contributed by atoms with Gasteiger partial charge in [-0.05, 0) is 31.8 Å². The van der Waals surface area contributed by atoms with Gasteiger partial charge in [0.2, 0.25) is 0 Å². The number of nitrogen functional groups attached to an aromatic ring is 1. The zero-order chi connectivity index (χ0) is 16.8. The normalized spacial score (nSPS) is 12.0. The molecule has 0 saturated carbocycles. The number of likely N-dealkylation sites (N-methyl/N-ethyl adjacent to an activating group) is 1. The zero-order valence-corrected chi connectivity index (χ0v) is 13.5. The van der Waals surface area contributed by atoms with Crippen molar-refractivity contribution in [1.29, 1.82) is 0 Å². The van der Waals surface area contributed by atoms with Gasteiger partial charge in [0.1, 0.15) is 5.75 Å². The van der Waals surface area contributed by atoms with Crippen molar-refractivity contribution in [3.05, 3.63) is 47.9 Å². The summed E-state index contributed by atoms with van der Waals surface area (Å²) in [6.45, 7) is 0.412. The van der Waals surface area contributed by atoms with Crippen molar-refractivity contribution in [2.75, 3.05) is 33.5 Å². The summed E-state index contributed by atoms with van der Waals surface area (Å²) in [6.07, 6.45) is 2.89. The molecular formula is C16H21N5O2. The van der Waals surface area contributed by atoms with Crippen molar-refractivity contribution in [2.24, 2.45) is 0 Å². The van der Waals surface area contributed by atoms with Crippen LogP contribution in [0.3, 0.4) is 0 Å². The van der Waals surface area contributed by atoms with Crippen LogP contribution in [0.15, 0.2) is 36.7 Å². The second kappa shape index (κ2) is 7.55. The van der Waals surface area contributed by atoms with Crippen LogP contribution in [0.25, 0.3) is 0 Å². The van der Waals surface area contributed by atoms with E-state index in [0.29, 0.717) is 6.54 Å². The third-order valence-corrected chi connectivity index (χ3v) is 3.50. The smallest absolute Gasteiger partial charge is 0.273 e. The van der Waals surface area contributed by atoms with E-state index in [9.17, 15) is 4.79 Å². The average Bonchev–Trinajstić information content (AvgIpc) is 2.55. The third kappa shape index (κ3) is 4.17. The highest BCUT2D eigenvalue weighted by Crippen LogP contribution is 2.22. The number of nitrogens with one attached hydrogen (secondary N) is 1. The van der Waals surface area contributed by atoms with E-state index in [1.165, 1.54) is 12.4 Å². The summed E-state index contributed by atoms with van der Waals surface area (Å²) >= 11 is 0. The Hall–Kier alpha value is -2.67. The van der Waals surface area contributed by atoms with Crippen LogP contribution in [-0.2, 0) is 0 Å². The van der Waals surface area contributed by atoms with Crippen LogP contribution in [0.5, 0.6) is 5.75 Å². The summed E-state index contributed by atoms with van der Waals surface area (Å²) in [4.78, 5) is 22.1. The van der Waals surface area contributed by atoms with E-state index in [4.69, 9.17) is 10.5 Å². The highest BCUT2D eigenvalue weighted by atomic mass is 16.5. The predicted molar refractivity (Wildman–Crippen MR) is 88.2 cm³/mol. The summed E-state index contributed by atoms with van der Waals surface area (Å²) in [5.74, 6) is 0.553. The maximum Gasteiger partial charge on any atom is 0.273 e. The molecule has 7 nitrogen and oxygen atoms in total. The molecule has 2 aromatic rings. The highest BCUT2D eigenvalue weighted by Gasteiger charge is 2.18. The Morgan fingerprint density at radius 2 is 2.09 bits per heavy atom. The van der Waals surface area contributed by atoms with Gasteiger partial charge in [-0.2, -0.15) is 0 Å². The highest BCUT2D eigenvalue weighted by molar-refractivity contribution is 5.96. The molecule has 2 rings (SSSR count). The van der Waals surface area contributed by atoms with Crippen LogP contribution >= 0.6 is 0 Å². The van der Waals surface area contributed by atoms with Crippen molar-refractivity contribution < 1.29 is 9.53 Å². The van der Waals surface area contributed by atoms with Crippen molar-refractivity contribution in [1.82, 2.24) is 20.2 Å². The fourth-order valence-electron chi connectivity index (χ4n) is 2.24. The molecule has 1 atom stereocenters. The molecule has 1 amide bonds. The van der Waals surface area contributed by atoms with Crippen LogP contribution in [0, 0.1) is 0 Å². The first-order valence-corrected chi connectivity index (χ1v) is 7.18. The number of amides is 1. The van der Waals surface area contributed by atoms with Gasteiger partial charge in [0.25, 0.3) is 5.91 Å². The molecule has 1 aromatic heterocycles. The maximum atomic E-state index is 12.2. The van der Waals surface area contributed by atoms with Gasteiger partial charge in [-0.25, -0.2) is 9.97 Å². The molecule has 1 heterocycles. The molecule has 0 aliphatic heterocycles. The maximum absolute atomic E-state index is 12.2. The summed E-state index contributed by atoms with van der Waals surface area (Å²) in [7, 11) is 5.53. The molecular weight excluding hydrogens is 294 g/mol. The first-order valence-electron chi connectivity index (χ1n) is 7.18. The number of hydrogen-bond acceptors (Lipinski definition) is 6. The van der Waals surface area contributed by atoms with Gasteiger partial charge in [-0.15, -0.1) is 0 Å². The molecule has 0 radical (unpaired) electrons. The molecule has 0 aliphatic rings. The summed E-state index contributed by atoms with van der Waals surface area (Å²) < 4.78 is 5.25. The molecule has 7 heteroatoms. The summed E-state index contributed by atoms with van der Waals surface area (Å²) in [5.41, 5.74) is 6.85. The monoisotopic (exact) mass is 315 g/mol. The van der Waals surface area contributed by atoms with E-state index in [0.717, 1.165) is 11.3 Å². The van der Waals surface area contributed by atoms with Gasteiger partial charge in [0.05, 0.1) is 13.2 Å². The first kappa shape index (κ1) is 16.7. The van der Waals surface area contributed by atoms with Crippen LogP contribution in [0.4, 0.5) is 5.82 Å². The van der Waals surface area contributed by atoms with Crippen molar-refractivity contribution >= 4 is 11.7 Å². The van der Waals surface area contributed by atoms with Crippen molar-refractivity contribution in [2.45, 2.75) is 6.04 Å². The summed E-state index contributed by atoms with van der Waals surface area (Å²) in [6, 6.07) is 7.75. The lowest BCUT2D eigenvalue weighted by Gasteiger charge is -2.25. The minimum absolute atomic E-state index is 0.00746. The van der Waals surface area contributed by atoms with Crippen LogP contribution in [0.2, 0.25) is 0 Å². The van der Waals surface area contributed by atoms with E-state index in [-0.39, 0.29) is 23.5 Å². The number of benzene rings is 1. The second-order valence-electron chi connectivity index (χ2n) is 5.26. The van der Waals surface area contributed by atoms with Gasteiger partial charge in [0.15, 0.2) is 11.5 Å². The predicted octanol–water partition coefficient (Wildman–Crippen LogP) is 1.10. The SMILES string of the molecule is COc1cccc(C(CNC(=O)c2nccnc2N)N(C)C)c1. The average molecular weight is 315 g/mol. The van der Waals surface area contributed by atoms with E-state index in [1.807, 2.05) is 43.3 Å². The Morgan fingerprint density at radius 1 is 1.35 bits per heavy atom. The molecule has 1 unspecified atom stereocenters. The number of nitrogens with two attached hydrogens (primary N) is 1. The van der Waals surface area contributed by atoms with E-state index < -0.39 is 0 Å². The number of ether oxygens (including phenoxy) is 1. The first-order chi connectivity index (χ1) is 11.0. The number of aromatic nitrogens is 2. The Labute approximate surface area is 135 Å². The number of hydrogen-bond donors (Lipinski definition) is 2. The standard InChI is InChI=1S/C16H21N5O2/c1-21(2)13(11-5-4-6-12(9-11)23-3)10-20-16(22)14-15(17)19-8-7-18-14/h4-9,13H,10H2,1-3H3,(H2,17,19)(H,20,22). The van der Waals surface area contributed by atoms with Crippen molar-refractivity contribution in [3.8, 4) is 5.75 Å². The molecule has 0 bridgehead atoms. The Bertz CT molecular complexity index is 675. The third-order valence-electron chi connectivity index (χ3n) is 3.50. The quantitative estimate of drug-likeness (QED) is 0.829. The number of carbonyl (C=O) groups excluding carboxylic acids is 1. The van der Waals surface area contributed by atoms with E-state index in [2.05, 4.69) is 15.3 Å². The van der Waals surface area contributed by atoms with Gasteiger partial charge in [0, 0.05) is 18.9 Å². The fraction of sp³-hybridized carbons (Fsp3) is 0.312. The van der Waals surface area contributed by atoms with Gasteiger partial charge >= 0.3 is 0 Å². The second-order valence-corrected chi connectivity index (χ2v) is 5.26. The van der Waals surface area contributed by atoms with Crippen molar-refractivity contribution in [3.63, 3.8) is 0 Å². The number of methoxy groups -OCH3 is 1. The molecule has 23 heavy (non-hydrogen) atoms. The minimum atomic E-state index is -0.342. The molecule has 122 valence electrons. The Morgan fingerprint density at radius 3 is 2.74 bits per heavy atom. The number of carbonyl (C=O) groups is 1. The molecule has 3 N–H and O–H groups in total. The number of anilines is 1. The molecule has 0 spiro atoms. The molecule has 1 aromatic carbocycles. The van der Waals surface area contributed by atoms with Gasteiger partial charge in [-0.1, -0.05) is 12.1 Å². The fourth-order valence-corrected chi connectivity index (χ4v) is 2.24. The minimum Gasteiger partial charge on any atom is -0.497 e. The van der Waals surface area contributed by atoms with Crippen LogP contribution in [-0.4, -0.2) is 48.5 Å². The van der Waals surface area contributed by atoms with E-state index in [1.54, 1.807) is 7.11 Å². The summed E-state index contributed by atoms with van der Waals surface area (Å²) in [5, 5.41) is 2.85. The van der Waals surface area contributed by atoms with Crippen LogP contribution < -0.4 is 15.8 Å². The number of nitrogens with zero attached hydrogens (tertiary/aromatic N) is 3. The van der Waals surface area contributed by atoms with E-state index >= 15 is 0 Å². The number of rotatable bonds is 6. The molecule has 0 saturated heterocycles. The molecule has 0 fully saturated rings. The van der Waals surface area contributed by atoms with Gasteiger partial charge < -0.3 is 20.7 Å². The van der Waals surface area contributed by atoms with Gasteiger partial charge in [-0.3, -0.25) is 4.79 Å².